The van der Waals surface area contributed by atoms with Gasteiger partial charge in [0.25, 0.3) is 5.91 Å². The van der Waals surface area contributed by atoms with Crippen LogP contribution in [0.15, 0.2) is 59.2 Å². The zero-order chi connectivity index (χ0) is 23.8. The van der Waals surface area contributed by atoms with Gasteiger partial charge in [-0.1, -0.05) is 50.2 Å². The first-order valence-electron chi connectivity index (χ1n) is 11.2. The number of carbonyl (C=O) groups is 1. The molecule has 2 aromatic carbocycles. The lowest BCUT2D eigenvalue weighted by atomic mass is 10.0. The van der Waals surface area contributed by atoms with E-state index in [0.29, 0.717) is 38.0 Å². The van der Waals surface area contributed by atoms with Gasteiger partial charge in [-0.25, -0.2) is 9.37 Å². The van der Waals surface area contributed by atoms with Crippen molar-refractivity contribution in [3.05, 3.63) is 88.9 Å². The number of amides is 1. The summed E-state index contributed by atoms with van der Waals surface area (Å²) in [5.41, 5.74) is 3.71. The molecule has 176 valence electrons. The van der Waals surface area contributed by atoms with E-state index < -0.39 is 0 Å². The Morgan fingerprint density at radius 1 is 1.00 bits per heavy atom. The van der Waals surface area contributed by atoms with Gasteiger partial charge in [-0.15, -0.1) is 0 Å². The van der Waals surface area contributed by atoms with Crippen molar-refractivity contribution in [1.82, 2.24) is 20.1 Å². The summed E-state index contributed by atoms with van der Waals surface area (Å²) in [6, 6.07) is 15.1. The molecule has 0 fully saturated rings. The molecule has 1 aromatic heterocycles. The highest BCUT2D eigenvalue weighted by Crippen LogP contribution is 2.18. The molecule has 0 saturated heterocycles. The van der Waals surface area contributed by atoms with Gasteiger partial charge in [0.05, 0.1) is 6.54 Å². The minimum atomic E-state index is -0.257. The molecular weight excluding hydrogens is 419 g/mol. The lowest BCUT2D eigenvalue weighted by Crippen LogP contribution is -2.31. The van der Waals surface area contributed by atoms with Crippen LogP contribution in [-0.4, -0.2) is 47.9 Å². The summed E-state index contributed by atoms with van der Waals surface area (Å²) in [6.45, 7) is 7.32. The summed E-state index contributed by atoms with van der Waals surface area (Å²) in [4.78, 5) is 20.9. The first-order chi connectivity index (χ1) is 15.8. The average Bonchev–Trinajstić information content (AvgIpc) is 3.24. The summed E-state index contributed by atoms with van der Waals surface area (Å²) in [5, 5.41) is 2.84. The van der Waals surface area contributed by atoms with Crippen LogP contribution in [-0.2, 0) is 19.6 Å². The molecule has 33 heavy (non-hydrogen) atoms. The molecule has 0 unspecified atom stereocenters. The average molecular weight is 453 g/mol. The predicted molar refractivity (Wildman–Crippen MR) is 127 cm³/mol. The van der Waals surface area contributed by atoms with E-state index in [1.165, 1.54) is 24.0 Å². The second-order valence-electron chi connectivity index (χ2n) is 8.85. The van der Waals surface area contributed by atoms with Gasteiger partial charge in [0, 0.05) is 26.2 Å². The molecule has 1 N–H and O–H groups in total. The van der Waals surface area contributed by atoms with E-state index in [0.717, 1.165) is 17.7 Å². The van der Waals surface area contributed by atoms with Gasteiger partial charge in [0.1, 0.15) is 12.1 Å². The molecule has 0 bridgehead atoms. The number of carbonyl (C=O) groups excluding carboxylic acids is 1. The van der Waals surface area contributed by atoms with E-state index in [4.69, 9.17) is 4.42 Å². The van der Waals surface area contributed by atoms with Gasteiger partial charge in [0.2, 0.25) is 5.89 Å². The molecule has 0 aliphatic rings. The van der Waals surface area contributed by atoms with Crippen molar-refractivity contribution in [3.8, 4) is 0 Å². The Morgan fingerprint density at radius 3 is 2.18 bits per heavy atom. The Bertz CT molecular complexity index is 1010. The van der Waals surface area contributed by atoms with Gasteiger partial charge in [-0.2, -0.15) is 0 Å². The third-order valence-electron chi connectivity index (χ3n) is 5.36. The molecule has 0 saturated carbocycles. The standard InChI is InChI=1S/C26H33FN4O2/c1-19(2)22-9-5-20(6-10-22)15-31(16-21-7-11-23(27)12-8-21)17-25-29-24(18-33-25)26(32)28-13-14-30(3)4/h5-12,18-19H,13-17H2,1-4H3,(H,28,32). The van der Waals surface area contributed by atoms with Gasteiger partial charge >= 0.3 is 0 Å². The summed E-state index contributed by atoms with van der Waals surface area (Å²) in [7, 11) is 3.90. The number of rotatable bonds is 11. The molecule has 6 nitrogen and oxygen atoms in total. The Morgan fingerprint density at radius 2 is 1.61 bits per heavy atom. The van der Waals surface area contributed by atoms with E-state index in [1.54, 1.807) is 12.1 Å². The molecule has 1 amide bonds. The highest BCUT2D eigenvalue weighted by atomic mass is 19.1. The summed E-state index contributed by atoms with van der Waals surface area (Å²) in [5.74, 6) is 0.436. The molecule has 0 radical (unpaired) electrons. The fraction of sp³-hybridized carbons (Fsp3) is 0.385. The first-order valence-corrected chi connectivity index (χ1v) is 11.2. The van der Waals surface area contributed by atoms with Crippen LogP contribution in [0.4, 0.5) is 4.39 Å². The van der Waals surface area contributed by atoms with E-state index in [-0.39, 0.29) is 17.4 Å². The third-order valence-corrected chi connectivity index (χ3v) is 5.36. The first kappa shape index (κ1) is 24.6. The van der Waals surface area contributed by atoms with Crippen molar-refractivity contribution < 1.29 is 13.6 Å². The third kappa shape index (κ3) is 7.80. The van der Waals surface area contributed by atoms with Crippen molar-refractivity contribution in [2.45, 2.75) is 39.4 Å². The molecule has 0 spiro atoms. The maximum atomic E-state index is 13.4. The summed E-state index contributed by atoms with van der Waals surface area (Å²) < 4.78 is 19.0. The minimum Gasteiger partial charge on any atom is -0.447 e. The maximum Gasteiger partial charge on any atom is 0.273 e. The lowest BCUT2D eigenvalue weighted by molar-refractivity contribution is 0.0946. The molecule has 3 aromatic rings. The van der Waals surface area contributed by atoms with E-state index in [1.807, 2.05) is 19.0 Å². The number of halogens is 1. The van der Waals surface area contributed by atoms with E-state index in [2.05, 4.69) is 53.3 Å². The van der Waals surface area contributed by atoms with Gasteiger partial charge in [0.15, 0.2) is 5.69 Å². The minimum absolute atomic E-state index is 0.249. The Hall–Kier alpha value is -3.03. The lowest BCUT2D eigenvalue weighted by Gasteiger charge is -2.21. The zero-order valence-electron chi connectivity index (χ0n) is 19.8. The molecule has 1 heterocycles. The van der Waals surface area contributed by atoms with Crippen LogP contribution in [0.3, 0.4) is 0 Å². The Labute approximate surface area is 195 Å². The Kier molecular flexibility index (Phi) is 8.74. The van der Waals surface area contributed by atoms with Crippen molar-refractivity contribution in [2.24, 2.45) is 0 Å². The number of aromatic nitrogens is 1. The highest BCUT2D eigenvalue weighted by Gasteiger charge is 2.16. The highest BCUT2D eigenvalue weighted by molar-refractivity contribution is 5.91. The van der Waals surface area contributed by atoms with Crippen LogP contribution in [0.25, 0.3) is 0 Å². The van der Waals surface area contributed by atoms with Gasteiger partial charge in [-0.05, 0) is 48.8 Å². The fourth-order valence-electron chi connectivity index (χ4n) is 3.44. The SMILES string of the molecule is CC(C)c1ccc(CN(Cc2ccc(F)cc2)Cc2nc(C(=O)NCCN(C)C)co2)cc1. The van der Waals surface area contributed by atoms with Crippen molar-refractivity contribution in [2.75, 3.05) is 27.2 Å². The second kappa shape index (κ2) is 11.7. The Balaban J connectivity index is 1.70. The number of benzene rings is 2. The topological polar surface area (TPSA) is 61.6 Å². The van der Waals surface area contributed by atoms with Crippen molar-refractivity contribution in [3.63, 3.8) is 0 Å². The van der Waals surface area contributed by atoms with Crippen molar-refractivity contribution >= 4 is 5.91 Å². The molecule has 0 aliphatic heterocycles. The van der Waals surface area contributed by atoms with Crippen LogP contribution in [0.5, 0.6) is 0 Å². The molecule has 7 heteroatoms. The molecular formula is C26H33FN4O2. The zero-order valence-corrected chi connectivity index (χ0v) is 19.8. The van der Waals surface area contributed by atoms with Crippen LogP contribution in [0.2, 0.25) is 0 Å². The fourth-order valence-corrected chi connectivity index (χ4v) is 3.44. The largest absolute Gasteiger partial charge is 0.447 e. The number of hydrogen-bond acceptors (Lipinski definition) is 5. The normalized spacial score (nSPS) is 11.5. The molecule has 0 atom stereocenters. The van der Waals surface area contributed by atoms with Crippen LogP contribution in [0, 0.1) is 5.82 Å². The molecule has 3 rings (SSSR count). The predicted octanol–water partition coefficient (Wildman–Crippen LogP) is 4.43. The number of oxazole rings is 1. The van der Waals surface area contributed by atoms with Crippen molar-refractivity contribution in [1.29, 1.82) is 0 Å². The number of nitrogens with one attached hydrogen (secondary N) is 1. The van der Waals surface area contributed by atoms with Gasteiger partial charge < -0.3 is 14.6 Å². The summed E-state index contributed by atoms with van der Waals surface area (Å²) >= 11 is 0. The van der Waals surface area contributed by atoms with Gasteiger partial charge in [-0.3, -0.25) is 9.69 Å². The van der Waals surface area contributed by atoms with E-state index in [9.17, 15) is 9.18 Å². The number of hydrogen-bond donors (Lipinski definition) is 1. The number of nitrogens with zero attached hydrogens (tertiary/aromatic N) is 3. The van der Waals surface area contributed by atoms with E-state index >= 15 is 0 Å². The molecule has 0 aliphatic carbocycles. The monoisotopic (exact) mass is 452 g/mol. The quantitative estimate of drug-likeness (QED) is 0.466. The van der Waals surface area contributed by atoms with Crippen LogP contribution < -0.4 is 5.32 Å². The second-order valence-corrected chi connectivity index (χ2v) is 8.85. The maximum absolute atomic E-state index is 13.4. The number of likely N-dealkylation sites (N-methyl/N-ethyl adjacent to an activating group) is 1. The summed E-state index contributed by atoms with van der Waals surface area (Å²) in [6.07, 6.45) is 1.40. The van der Waals surface area contributed by atoms with Crippen LogP contribution >= 0.6 is 0 Å². The van der Waals surface area contributed by atoms with Crippen LogP contribution in [0.1, 0.15) is 52.8 Å². The smallest absolute Gasteiger partial charge is 0.273 e.